The first kappa shape index (κ1) is 17.2. The van der Waals surface area contributed by atoms with E-state index in [1.165, 1.54) is 0 Å². The van der Waals surface area contributed by atoms with E-state index in [1.54, 1.807) is 48.5 Å². The van der Waals surface area contributed by atoms with E-state index in [-0.39, 0.29) is 5.89 Å². The molecule has 1 aromatic heterocycles. The molecule has 0 fully saturated rings. The predicted octanol–water partition coefficient (Wildman–Crippen LogP) is 1.69. The second kappa shape index (κ2) is 7.93. The number of aromatic nitrogens is 2. The van der Waals surface area contributed by atoms with Crippen LogP contribution in [0, 0.1) is 0 Å². The first-order valence-electron chi connectivity index (χ1n) is 7.76. The Labute approximate surface area is 148 Å². The summed E-state index contributed by atoms with van der Waals surface area (Å²) in [5.41, 5.74) is 1.20. The summed E-state index contributed by atoms with van der Waals surface area (Å²) in [7, 11) is 0. The molecule has 3 aromatic rings. The molecular weight excluding hydrogens is 338 g/mol. The second-order valence-corrected chi connectivity index (χ2v) is 5.27. The van der Waals surface area contributed by atoms with Gasteiger partial charge < -0.3 is 14.5 Å². The summed E-state index contributed by atoms with van der Waals surface area (Å²) in [5, 5.41) is 6.53. The monoisotopic (exact) mass is 353 g/mol. The van der Waals surface area contributed by atoms with E-state index >= 15 is 0 Å². The Morgan fingerprint density at radius 3 is 2.38 bits per heavy atom. The highest BCUT2D eigenvalue weighted by Crippen LogP contribution is 2.13. The molecule has 3 rings (SSSR count). The van der Waals surface area contributed by atoms with Crippen molar-refractivity contribution in [3.05, 3.63) is 71.2 Å². The molecule has 8 heteroatoms. The third-order valence-corrected chi connectivity index (χ3v) is 3.33. The van der Waals surface area contributed by atoms with Crippen molar-refractivity contribution in [3.63, 3.8) is 0 Å². The highest BCUT2D eigenvalue weighted by Gasteiger charge is 2.15. The average molecular weight is 353 g/mol. The second-order valence-electron chi connectivity index (χ2n) is 5.27. The minimum atomic E-state index is -0.783. The number of ether oxygens (including phenoxy) is 1. The fraction of sp³-hybridized carbons (Fsp3) is 0.111. The van der Waals surface area contributed by atoms with E-state index in [1.807, 2.05) is 12.1 Å². The summed E-state index contributed by atoms with van der Waals surface area (Å²) in [6.45, 7) is -0.917. The van der Waals surface area contributed by atoms with Crippen LogP contribution in [-0.2, 0) is 20.9 Å². The van der Waals surface area contributed by atoms with Crippen molar-refractivity contribution in [1.82, 2.24) is 9.78 Å². The average Bonchev–Trinajstić information content (AvgIpc) is 3.02. The molecule has 1 N–H and O–H groups in total. The Bertz CT molecular complexity index is 948. The van der Waals surface area contributed by atoms with Crippen LogP contribution in [0.1, 0.15) is 0 Å². The summed E-state index contributed by atoms with van der Waals surface area (Å²) in [4.78, 5) is 35.3. The van der Waals surface area contributed by atoms with Crippen LogP contribution in [-0.4, -0.2) is 28.3 Å². The SMILES string of the molecule is O=C(COC(=O)Cn1nc(-c2ccccc2)oc1=O)Nc1ccccc1. The van der Waals surface area contributed by atoms with Crippen LogP contribution in [0.3, 0.4) is 0 Å². The number of rotatable bonds is 6. The molecule has 2 aromatic carbocycles. The maximum atomic E-state index is 11.8. The fourth-order valence-electron chi connectivity index (χ4n) is 2.14. The number of para-hydroxylation sites is 1. The number of nitrogens with zero attached hydrogens (tertiary/aromatic N) is 2. The third kappa shape index (κ3) is 4.44. The van der Waals surface area contributed by atoms with E-state index in [0.717, 1.165) is 4.68 Å². The molecule has 0 aliphatic carbocycles. The maximum Gasteiger partial charge on any atom is 0.437 e. The van der Waals surface area contributed by atoms with Crippen LogP contribution < -0.4 is 11.1 Å². The lowest BCUT2D eigenvalue weighted by atomic mass is 10.2. The van der Waals surface area contributed by atoms with Gasteiger partial charge in [-0.05, 0) is 24.3 Å². The lowest BCUT2D eigenvalue weighted by Gasteiger charge is -2.06. The van der Waals surface area contributed by atoms with Gasteiger partial charge in [-0.25, -0.2) is 4.79 Å². The van der Waals surface area contributed by atoms with Crippen molar-refractivity contribution < 1.29 is 18.7 Å². The smallest absolute Gasteiger partial charge is 0.437 e. The molecule has 26 heavy (non-hydrogen) atoms. The lowest BCUT2D eigenvalue weighted by Crippen LogP contribution is -2.26. The zero-order valence-corrected chi connectivity index (χ0v) is 13.6. The Morgan fingerprint density at radius 1 is 1.04 bits per heavy atom. The summed E-state index contributed by atoms with van der Waals surface area (Å²) in [6, 6.07) is 17.6. The summed E-state index contributed by atoms with van der Waals surface area (Å²) < 4.78 is 10.7. The van der Waals surface area contributed by atoms with Gasteiger partial charge in [-0.2, -0.15) is 4.68 Å². The minimum Gasteiger partial charge on any atom is -0.454 e. The van der Waals surface area contributed by atoms with Gasteiger partial charge in [-0.15, -0.1) is 5.10 Å². The predicted molar refractivity (Wildman–Crippen MR) is 92.2 cm³/mol. The Morgan fingerprint density at radius 2 is 1.69 bits per heavy atom. The van der Waals surface area contributed by atoms with Crippen molar-refractivity contribution in [1.29, 1.82) is 0 Å². The number of benzene rings is 2. The first-order chi connectivity index (χ1) is 12.6. The summed E-state index contributed by atoms with van der Waals surface area (Å²) in [6.07, 6.45) is 0. The number of hydrogen-bond acceptors (Lipinski definition) is 6. The van der Waals surface area contributed by atoms with Gasteiger partial charge in [-0.3, -0.25) is 9.59 Å². The van der Waals surface area contributed by atoms with Crippen LogP contribution in [0.15, 0.2) is 69.9 Å². The van der Waals surface area contributed by atoms with Gasteiger partial charge in [0.2, 0.25) is 5.89 Å². The van der Waals surface area contributed by atoms with Gasteiger partial charge in [0.1, 0.15) is 6.54 Å². The van der Waals surface area contributed by atoms with E-state index in [4.69, 9.17) is 9.15 Å². The topological polar surface area (TPSA) is 103 Å². The quantitative estimate of drug-likeness (QED) is 0.676. The van der Waals surface area contributed by atoms with E-state index in [9.17, 15) is 14.4 Å². The molecule has 0 atom stereocenters. The zero-order chi connectivity index (χ0) is 18.4. The van der Waals surface area contributed by atoms with Crippen molar-refractivity contribution >= 4 is 17.6 Å². The molecule has 8 nitrogen and oxygen atoms in total. The lowest BCUT2D eigenvalue weighted by molar-refractivity contribution is -0.148. The molecule has 0 saturated heterocycles. The van der Waals surface area contributed by atoms with Gasteiger partial charge >= 0.3 is 11.7 Å². The molecule has 1 amide bonds. The van der Waals surface area contributed by atoms with Crippen LogP contribution in [0.2, 0.25) is 0 Å². The van der Waals surface area contributed by atoms with Gasteiger partial charge in [0.15, 0.2) is 6.61 Å². The molecule has 1 heterocycles. The van der Waals surface area contributed by atoms with Crippen LogP contribution >= 0.6 is 0 Å². The van der Waals surface area contributed by atoms with Crippen LogP contribution in [0.25, 0.3) is 11.5 Å². The Hall–Kier alpha value is -3.68. The molecule has 0 aliphatic rings. The molecule has 0 aliphatic heterocycles. The summed E-state index contributed by atoms with van der Waals surface area (Å²) in [5.74, 6) is -1.94. The normalized spacial score (nSPS) is 10.3. The zero-order valence-electron chi connectivity index (χ0n) is 13.6. The number of nitrogens with one attached hydrogen (secondary N) is 1. The number of esters is 1. The van der Waals surface area contributed by atoms with Gasteiger partial charge in [0, 0.05) is 11.3 Å². The number of anilines is 1. The number of amides is 1. The van der Waals surface area contributed by atoms with Crippen molar-refractivity contribution in [2.45, 2.75) is 6.54 Å². The van der Waals surface area contributed by atoms with Crippen molar-refractivity contribution in [2.24, 2.45) is 0 Å². The molecule has 0 bridgehead atoms. The molecule has 0 spiro atoms. The van der Waals surface area contributed by atoms with Gasteiger partial charge in [0.05, 0.1) is 0 Å². The molecule has 0 unspecified atom stereocenters. The molecule has 132 valence electrons. The van der Waals surface area contributed by atoms with E-state index in [2.05, 4.69) is 10.4 Å². The van der Waals surface area contributed by atoms with Crippen molar-refractivity contribution in [3.8, 4) is 11.5 Å². The molecule has 0 saturated carbocycles. The van der Waals surface area contributed by atoms with Crippen LogP contribution in [0.5, 0.6) is 0 Å². The maximum absolute atomic E-state index is 11.8. The standard InChI is InChI=1S/C18H15N3O5/c22-15(19-14-9-5-2-6-10-14)12-25-16(23)11-21-18(24)26-17(20-21)13-7-3-1-4-8-13/h1-10H,11-12H2,(H,19,22). The minimum absolute atomic E-state index is 0.102. The Kier molecular flexibility index (Phi) is 5.23. The number of hydrogen-bond donors (Lipinski definition) is 1. The van der Waals surface area contributed by atoms with Crippen LogP contribution in [0.4, 0.5) is 5.69 Å². The first-order valence-corrected chi connectivity index (χ1v) is 7.76. The van der Waals surface area contributed by atoms with E-state index in [0.29, 0.717) is 11.3 Å². The van der Waals surface area contributed by atoms with E-state index < -0.39 is 30.8 Å². The molecular formula is C18H15N3O5. The highest BCUT2D eigenvalue weighted by atomic mass is 16.5. The van der Waals surface area contributed by atoms with Gasteiger partial charge in [0.25, 0.3) is 5.91 Å². The number of carbonyl (C=O) groups excluding carboxylic acids is 2. The number of carbonyl (C=O) groups is 2. The van der Waals surface area contributed by atoms with Crippen molar-refractivity contribution in [2.75, 3.05) is 11.9 Å². The third-order valence-electron chi connectivity index (χ3n) is 3.33. The highest BCUT2D eigenvalue weighted by molar-refractivity contribution is 5.92. The fourth-order valence-corrected chi connectivity index (χ4v) is 2.14. The van der Waals surface area contributed by atoms with Gasteiger partial charge in [-0.1, -0.05) is 36.4 Å². The Balaban J connectivity index is 1.54. The molecule has 0 radical (unpaired) electrons. The largest absolute Gasteiger partial charge is 0.454 e. The summed E-state index contributed by atoms with van der Waals surface area (Å²) >= 11 is 0.